The molecule has 2 aromatic heterocycles. The van der Waals surface area contributed by atoms with Crippen LogP contribution in [0.2, 0.25) is 0 Å². The number of carbonyl (C=O) groups is 2. The Morgan fingerprint density at radius 2 is 2.12 bits per heavy atom. The van der Waals surface area contributed by atoms with Crippen LogP contribution in [-0.4, -0.2) is 26.4 Å². The van der Waals surface area contributed by atoms with E-state index in [1.165, 1.54) is 22.8 Å². The van der Waals surface area contributed by atoms with E-state index in [4.69, 9.17) is 0 Å². The number of aliphatic carboxylic acids is 1. The Hall–Kier alpha value is -2.02. The molecule has 2 aromatic rings. The second-order valence-corrected chi connectivity index (χ2v) is 7.70. The summed E-state index contributed by atoms with van der Waals surface area (Å²) in [5.74, 6) is -1.11. The maximum atomic E-state index is 13.1. The first-order valence-electron chi connectivity index (χ1n) is 8.09. The van der Waals surface area contributed by atoms with Gasteiger partial charge in [0.15, 0.2) is 0 Å². The zero-order chi connectivity index (χ0) is 17.6. The molecule has 7 heteroatoms. The Morgan fingerprint density at radius 3 is 2.71 bits per heavy atom. The number of hydrogen-bond donors (Lipinski definition) is 1. The molecule has 1 atom stereocenters. The van der Waals surface area contributed by atoms with Crippen molar-refractivity contribution in [2.45, 2.75) is 58.4 Å². The fourth-order valence-electron chi connectivity index (χ4n) is 3.39. The second kappa shape index (κ2) is 6.12. The van der Waals surface area contributed by atoms with Crippen LogP contribution in [0, 0.1) is 0 Å². The number of carbonyl (C=O) groups excluding carboxylic acids is 1. The van der Waals surface area contributed by atoms with Gasteiger partial charge in [-0.1, -0.05) is 13.8 Å². The molecule has 0 aromatic carbocycles. The van der Waals surface area contributed by atoms with Crippen molar-refractivity contribution in [1.82, 2.24) is 9.55 Å². The normalized spacial score (nSPS) is 17.2. The van der Waals surface area contributed by atoms with Crippen LogP contribution in [0.3, 0.4) is 0 Å². The van der Waals surface area contributed by atoms with Gasteiger partial charge in [0.05, 0.1) is 17.8 Å². The summed E-state index contributed by atoms with van der Waals surface area (Å²) in [6.07, 6.45) is 2.12. The number of thiophene rings is 1. The first-order valence-corrected chi connectivity index (χ1v) is 8.91. The third-order valence-corrected chi connectivity index (χ3v) is 5.55. The number of carboxylic acid groups (broad SMARTS) is 1. The smallest absolute Gasteiger partial charge is 0.311 e. The number of nitrogens with zero attached hydrogens (tertiary/aromatic N) is 2. The summed E-state index contributed by atoms with van der Waals surface area (Å²) < 4.78 is 1.41. The molecule has 0 radical (unpaired) electrons. The van der Waals surface area contributed by atoms with Crippen molar-refractivity contribution >= 4 is 33.3 Å². The first-order chi connectivity index (χ1) is 11.3. The molecule has 1 unspecified atom stereocenters. The van der Waals surface area contributed by atoms with Gasteiger partial charge < -0.3 is 5.11 Å². The molecule has 1 N–H and O–H groups in total. The van der Waals surface area contributed by atoms with E-state index in [2.05, 4.69) is 4.98 Å². The highest BCUT2D eigenvalue weighted by Gasteiger charge is 2.32. The fraction of sp³-hybridized carbons (Fsp3) is 0.529. The molecule has 6 nitrogen and oxygen atoms in total. The molecule has 2 heterocycles. The highest BCUT2D eigenvalue weighted by molar-refractivity contribution is 7.18. The molecular weight excluding hydrogens is 328 g/mol. The van der Waals surface area contributed by atoms with E-state index in [1.807, 2.05) is 13.8 Å². The largest absolute Gasteiger partial charge is 0.481 e. The molecule has 0 aliphatic heterocycles. The highest BCUT2D eigenvalue weighted by atomic mass is 32.1. The van der Waals surface area contributed by atoms with Gasteiger partial charge in [-0.2, -0.15) is 0 Å². The van der Waals surface area contributed by atoms with Gasteiger partial charge in [-0.25, -0.2) is 4.98 Å². The predicted octanol–water partition coefficient (Wildman–Crippen LogP) is 2.67. The van der Waals surface area contributed by atoms with Crippen molar-refractivity contribution in [2.75, 3.05) is 0 Å². The Labute approximate surface area is 143 Å². The number of Topliss-reactive ketones (excluding diaryl/α,β-unsaturated/α-hetero) is 1. The minimum atomic E-state index is -0.902. The lowest BCUT2D eigenvalue weighted by molar-refractivity contribution is -0.139. The Kier molecular flexibility index (Phi) is 4.29. The molecule has 0 spiro atoms. The number of aryl methyl sites for hydroxylation is 1. The fourth-order valence-corrected chi connectivity index (χ4v) is 4.67. The van der Waals surface area contributed by atoms with Crippen LogP contribution in [0.15, 0.2) is 4.79 Å². The summed E-state index contributed by atoms with van der Waals surface area (Å²) in [7, 11) is 0. The molecule has 0 saturated carbocycles. The van der Waals surface area contributed by atoms with Gasteiger partial charge in [-0.15, -0.1) is 11.3 Å². The molecule has 0 bridgehead atoms. The van der Waals surface area contributed by atoms with E-state index >= 15 is 0 Å². The molecule has 1 aliphatic carbocycles. The summed E-state index contributed by atoms with van der Waals surface area (Å²) >= 11 is 1.42. The molecule has 24 heavy (non-hydrogen) atoms. The molecule has 1 aliphatic rings. The third-order valence-electron chi connectivity index (χ3n) is 4.40. The summed E-state index contributed by atoms with van der Waals surface area (Å²) in [5.41, 5.74) is 0.336. The monoisotopic (exact) mass is 348 g/mol. The first kappa shape index (κ1) is 16.8. The lowest BCUT2D eigenvalue weighted by atomic mass is 9.86. The maximum Gasteiger partial charge on any atom is 0.311 e. The summed E-state index contributed by atoms with van der Waals surface area (Å²) in [6, 6.07) is 0. The average molecular weight is 348 g/mol. The van der Waals surface area contributed by atoms with Crippen LogP contribution in [0.4, 0.5) is 0 Å². The lowest BCUT2D eigenvalue weighted by Crippen LogP contribution is -2.29. The van der Waals surface area contributed by atoms with E-state index in [-0.39, 0.29) is 23.8 Å². The van der Waals surface area contributed by atoms with E-state index in [1.54, 1.807) is 0 Å². The molecule has 3 rings (SSSR count). The van der Waals surface area contributed by atoms with Crippen LogP contribution < -0.4 is 5.56 Å². The van der Waals surface area contributed by atoms with E-state index in [0.717, 1.165) is 17.7 Å². The Balaban J connectivity index is 2.36. The van der Waals surface area contributed by atoms with Crippen molar-refractivity contribution in [3.63, 3.8) is 0 Å². The predicted molar refractivity (Wildman–Crippen MR) is 92.0 cm³/mol. The number of carboxylic acids is 1. The van der Waals surface area contributed by atoms with Crippen LogP contribution in [0.25, 0.3) is 10.2 Å². The van der Waals surface area contributed by atoms with Gasteiger partial charge in [0.25, 0.3) is 5.56 Å². The summed E-state index contributed by atoms with van der Waals surface area (Å²) in [6.45, 7) is 5.26. The number of fused-ring (bicyclic) bond motifs is 3. The lowest BCUT2D eigenvalue weighted by Gasteiger charge is -2.19. The molecule has 0 fully saturated rings. The van der Waals surface area contributed by atoms with Gasteiger partial charge in [0.1, 0.15) is 16.4 Å². The summed E-state index contributed by atoms with van der Waals surface area (Å²) in [5, 5.41) is 9.93. The minimum Gasteiger partial charge on any atom is -0.481 e. The van der Waals surface area contributed by atoms with Crippen molar-refractivity contribution in [1.29, 1.82) is 0 Å². The van der Waals surface area contributed by atoms with Gasteiger partial charge in [-0.05, 0) is 31.7 Å². The quantitative estimate of drug-likeness (QED) is 0.917. The van der Waals surface area contributed by atoms with Gasteiger partial charge in [0.2, 0.25) is 0 Å². The number of ketones is 1. The van der Waals surface area contributed by atoms with E-state index < -0.39 is 11.9 Å². The maximum absolute atomic E-state index is 13.1. The van der Waals surface area contributed by atoms with Crippen molar-refractivity contribution in [3.8, 4) is 0 Å². The van der Waals surface area contributed by atoms with E-state index in [0.29, 0.717) is 28.0 Å². The van der Waals surface area contributed by atoms with Gasteiger partial charge in [0, 0.05) is 10.8 Å². The topological polar surface area (TPSA) is 89.3 Å². The zero-order valence-electron chi connectivity index (χ0n) is 14.0. The second-order valence-electron chi connectivity index (χ2n) is 6.62. The van der Waals surface area contributed by atoms with Crippen molar-refractivity contribution < 1.29 is 14.7 Å². The van der Waals surface area contributed by atoms with Crippen LogP contribution in [0.5, 0.6) is 0 Å². The molecule has 0 saturated heterocycles. The number of aromatic nitrogens is 2. The molecule has 128 valence electrons. The van der Waals surface area contributed by atoms with Crippen molar-refractivity contribution in [3.05, 3.63) is 26.6 Å². The minimum absolute atomic E-state index is 0.00384. The van der Waals surface area contributed by atoms with E-state index in [9.17, 15) is 19.5 Å². The third kappa shape index (κ3) is 2.66. The average Bonchev–Trinajstić information content (AvgIpc) is 2.87. The van der Waals surface area contributed by atoms with Crippen molar-refractivity contribution in [2.24, 2.45) is 0 Å². The van der Waals surface area contributed by atoms with Gasteiger partial charge in [-0.3, -0.25) is 19.0 Å². The number of hydrogen-bond acceptors (Lipinski definition) is 5. The Bertz CT molecular complexity index is 894. The zero-order valence-corrected chi connectivity index (χ0v) is 14.8. The van der Waals surface area contributed by atoms with Gasteiger partial charge >= 0.3 is 5.97 Å². The standard InChI is InChI=1S/C17H20N2O4S/c1-8(2)14-18-15-13(16(21)19(14)7-9(3)20)12-10(17(22)23)5-4-6-11(12)24-15/h8,10H,4-7H2,1-3H3,(H,22,23). The molecular formula is C17H20N2O4S. The number of rotatable bonds is 4. The molecule has 0 amide bonds. The van der Waals surface area contributed by atoms with Crippen LogP contribution >= 0.6 is 11.3 Å². The highest BCUT2D eigenvalue weighted by Crippen LogP contribution is 2.40. The summed E-state index contributed by atoms with van der Waals surface area (Å²) in [4.78, 5) is 42.5. The van der Waals surface area contributed by atoms with Crippen LogP contribution in [0.1, 0.15) is 61.7 Å². The van der Waals surface area contributed by atoms with Crippen LogP contribution in [-0.2, 0) is 22.6 Å². The Morgan fingerprint density at radius 1 is 1.42 bits per heavy atom. The SMILES string of the molecule is CC(=O)Cn1c(C(C)C)nc2sc3c(c2c1=O)C(C(=O)O)CCC3.